The first-order valence-electron chi connectivity index (χ1n) is 48.8. The minimum Gasteiger partial charge on any atom is -0.385 e. The fourth-order valence-corrected chi connectivity index (χ4v) is 25.6. The number of benzene rings is 4. The van der Waals surface area contributed by atoms with E-state index in [1.165, 1.54) is 102 Å². The number of carbonyl (C=O) groups excluding carboxylic acids is 1. The fourth-order valence-electron chi connectivity index (χ4n) is 25.1. The van der Waals surface area contributed by atoms with E-state index < -0.39 is 90.4 Å². The van der Waals surface area contributed by atoms with E-state index in [0.29, 0.717) is 59.0 Å². The van der Waals surface area contributed by atoms with Gasteiger partial charge in [-0.1, -0.05) is 93.5 Å². The molecule has 8 aliphatic rings. The molecular formula is C108H100F8N26O5S. The van der Waals surface area contributed by atoms with Crippen molar-refractivity contribution in [2.75, 3.05) is 11.0 Å². The molecule has 4 aromatic carbocycles. The van der Waals surface area contributed by atoms with Crippen LogP contribution in [0.25, 0.3) is 79.3 Å². The third-order valence-electron chi connectivity index (χ3n) is 32.6. The fraction of sp³-hybridized carbons (Fsp3) is 0.352. The molecule has 4 fully saturated rings. The normalized spacial score (nSPS) is 21.8. The molecule has 0 unspecified atom stereocenters. The van der Waals surface area contributed by atoms with Crippen molar-refractivity contribution in [2.24, 2.45) is 21.7 Å². The van der Waals surface area contributed by atoms with Gasteiger partial charge in [-0.05, 0) is 236 Å². The molecule has 0 amide bonds. The van der Waals surface area contributed by atoms with Crippen molar-refractivity contribution in [1.82, 2.24) is 125 Å². The number of hydrogen-bond donors (Lipinski definition) is 3. The van der Waals surface area contributed by atoms with Crippen LogP contribution >= 0.6 is 0 Å². The Morgan fingerprint density at radius 3 is 1.16 bits per heavy atom. The Balaban J connectivity index is 0.000000116. The van der Waals surface area contributed by atoms with Crippen LogP contribution in [0, 0.1) is 75.1 Å². The van der Waals surface area contributed by atoms with Crippen LogP contribution in [0.15, 0.2) is 184 Å². The number of halogens is 8. The minimum absolute atomic E-state index is 0.00596. The van der Waals surface area contributed by atoms with Gasteiger partial charge in [0.05, 0.1) is 155 Å². The quantitative estimate of drug-likeness (QED) is 0.0597. The van der Waals surface area contributed by atoms with Crippen LogP contribution in [-0.2, 0) is 42.9 Å². The molecule has 8 bridgehead atoms. The van der Waals surface area contributed by atoms with Gasteiger partial charge >= 0.3 is 0 Å². The van der Waals surface area contributed by atoms with Gasteiger partial charge in [0.2, 0.25) is 10.0 Å². The van der Waals surface area contributed by atoms with Gasteiger partial charge in [-0.2, -0.15) is 25.1 Å². The van der Waals surface area contributed by atoms with E-state index in [4.69, 9.17) is 19.9 Å². The molecule has 31 nitrogen and oxygen atoms in total. The Bertz CT molecular complexity index is 7860. The highest BCUT2D eigenvalue weighted by Crippen LogP contribution is 2.74. The Kier molecular flexibility index (Phi) is 24.5. The van der Waals surface area contributed by atoms with Gasteiger partial charge in [0.25, 0.3) is 5.95 Å². The van der Waals surface area contributed by atoms with Crippen molar-refractivity contribution in [1.29, 1.82) is 0 Å². The number of nitrogens with one attached hydrogen (secondary N) is 1. The van der Waals surface area contributed by atoms with Crippen LogP contribution in [0.4, 0.5) is 40.9 Å². The largest absolute Gasteiger partial charge is 0.385 e. The number of sulfonamides is 1. The number of rotatable bonds is 20. The number of hydrogen-bond acceptors (Lipinski definition) is 28. The monoisotopic (exact) mass is 2020 g/mol. The van der Waals surface area contributed by atoms with Crippen molar-refractivity contribution in [3.05, 3.63) is 321 Å². The zero-order valence-electron chi connectivity index (χ0n) is 82.8. The number of fused-ring (bicyclic) bond motifs is 20. The summed E-state index contributed by atoms with van der Waals surface area (Å²) >= 11 is 0. The Morgan fingerprint density at radius 2 is 0.777 bits per heavy atom. The molecule has 4 saturated carbocycles. The van der Waals surface area contributed by atoms with Crippen molar-refractivity contribution < 1.29 is 58.5 Å². The van der Waals surface area contributed by atoms with E-state index in [-0.39, 0.29) is 108 Å². The number of pyridine rings is 1. The van der Waals surface area contributed by atoms with Gasteiger partial charge in [0, 0.05) is 54.5 Å². The van der Waals surface area contributed by atoms with Gasteiger partial charge in [-0.3, -0.25) is 24.5 Å². The molecular weight excluding hydrogens is 1930 g/mol. The predicted molar refractivity (Wildman–Crippen MR) is 526 cm³/mol. The van der Waals surface area contributed by atoms with E-state index in [1.54, 1.807) is 92.3 Å². The Labute approximate surface area is 845 Å². The lowest BCUT2D eigenvalue weighted by Gasteiger charge is -2.37. The third kappa shape index (κ3) is 15.7. The molecule has 12 heterocycles. The highest BCUT2D eigenvalue weighted by Gasteiger charge is 2.69. The zero-order chi connectivity index (χ0) is 104. The number of aliphatic hydroxyl groups is 2. The second-order valence-corrected chi connectivity index (χ2v) is 43.2. The predicted octanol–water partition coefficient (Wildman–Crippen LogP) is 19.0. The second-order valence-electron chi connectivity index (χ2n) is 41.4. The zero-order valence-corrected chi connectivity index (χ0v) is 83.6. The van der Waals surface area contributed by atoms with Gasteiger partial charge in [-0.25, -0.2) is 98.1 Å². The van der Waals surface area contributed by atoms with Crippen LogP contribution in [0.5, 0.6) is 0 Å². The highest BCUT2D eigenvalue weighted by atomic mass is 32.2. The van der Waals surface area contributed by atoms with E-state index in [9.17, 15) is 58.5 Å². The van der Waals surface area contributed by atoms with Gasteiger partial charge in [0.1, 0.15) is 88.8 Å². The highest BCUT2D eigenvalue weighted by molar-refractivity contribution is 7.92. The van der Waals surface area contributed by atoms with E-state index >= 15 is 0 Å². The number of aliphatic hydroxyl groups excluding tert-OH is 2. The summed E-state index contributed by atoms with van der Waals surface area (Å²) in [6, 6.07) is 25.8. The molecule has 0 saturated heterocycles. The first kappa shape index (κ1) is 98.8. The molecule has 10 atom stereocenters. The maximum absolute atomic E-state index is 14.5. The molecule has 0 aliphatic heterocycles. The van der Waals surface area contributed by atoms with E-state index in [2.05, 4.69) is 156 Å². The van der Waals surface area contributed by atoms with Crippen LogP contribution in [0.3, 0.4) is 0 Å². The molecule has 8 aliphatic carbocycles. The number of carbonyl (C=O) groups is 1. The second kappa shape index (κ2) is 36.7. The molecule has 16 aromatic rings. The summed E-state index contributed by atoms with van der Waals surface area (Å²) < 4.78 is 145. The lowest BCUT2D eigenvalue weighted by Crippen LogP contribution is -2.38. The van der Waals surface area contributed by atoms with Gasteiger partial charge in [0.15, 0.2) is 17.5 Å². The van der Waals surface area contributed by atoms with Crippen molar-refractivity contribution >= 4 is 21.6 Å². The minimum atomic E-state index is -3.46. The SMILES string of the molecule is CC(=O)Cc1ncc(-c2cncc([C@@]34CC[C@@H](c5cc(-c6c(F)cccc6F)nnc53)C4(C)C)n2)cn1.CC[C@@H](O)c1ncn(-c2cncc([C@@]34CC[C@@H](c5cc(-c6c(F)cccc6F)nnc53)C4(C)C)n2)n1.CC[C@H](O)c1ncn(-c2nccc([C@@]34CC[C@@H](c5cc(-c6c(F)cccc6F)nnc53)C4(C)C)n2)n1.Cc1cc(NS(C)(=O)=O)ncc1-c1cncc([C@@]23CC[C@@H](c4cc(-c5c(F)cccc5F)nnc42)C3(C)C)n1. The van der Waals surface area contributed by atoms with Crippen molar-refractivity contribution in [3.63, 3.8) is 0 Å². The number of aromatic nitrogens is 25. The molecule has 24 rings (SSSR count). The van der Waals surface area contributed by atoms with Crippen molar-refractivity contribution in [3.8, 4) is 79.3 Å². The molecule has 3 N–H and O–H groups in total. The summed E-state index contributed by atoms with van der Waals surface area (Å²) in [5.74, 6) is -2.71. The topological polar surface area (TPSA) is 410 Å². The van der Waals surface area contributed by atoms with Crippen LogP contribution < -0.4 is 4.72 Å². The summed E-state index contributed by atoms with van der Waals surface area (Å²) in [7, 11) is -3.46. The van der Waals surface area contributed by atoms with Crippen molar-refractivity contribution in [2.45, 2.75) is 211 Å². The first-order valence-corrected chi connectivity index (χ1v) is 50.7. The lowest BCUT2D eigenvalue weighted by molar-refractivity contribution is -0.116. The molecule has 40 heteroatoms. The van der Waals surface area contributed by atoms with Gasteiger partial charge < -0.3 is 10.2 Å². The average Bonchev–Trinajstić information content (AvgIpc) is 1.53. The number of nitrogens with zero attached hydrogens (tertiary/aromatic N) is 25. The van der Waals surface area contributed by atoms with Crippen LogP contribution in [0.2, 0.25) is 0 Å². The Hall–Kier alpha value is -15.2. The summed E-state index contributed by atoms with van der Waals surface area (Å²) in [6.07, 6.45) is 27.2. The molecule has 0 spiro atoms. The number of Topliss-reactive ketones (excluding diaryl/α,β-unsaturated/α-hetero) is 1. The summed E-state index contributed by atoms with van der Waals surface area (Å²) in [4.78, 5) is 70.3. The van der Waals surface area contributed by atoms with Gasteiger partial charge in [-0.15, -0.1) is 30.6 Å². The standard InChI is InChI=1S/C28H26F2N6O2S.C28H24F2N6O.2C26H25F2N7O/c1-15-10-24(36-39(4,37)38)32-12-17(15)22-13-31-14-23(33-22)28-9-8-18(27(28,2)3)16-11-21(34-35-26(16)28)25-19(29)6-5-7-20(25)30;1-15(37)9-24-32-11-16(12-33-24)22-13-31-14-23(34-22)28-8-7-18(27(28,2)3)17-10-21(35-36-26(17)28)25-19(29)5-4-6-20(25)30;1-4-19(36)23-30-13-35(34-23)24-29-11-9-20(31-24)26-10-8-15(25(26,2)3)14-12-18(32-33-22(14)26)21-16(27)6-5-7-17(21)28;1-4-19(36)24-30-13-35(34-24)21-12-29-11-20(31-21)26-9-8-15(25(26,2)3)14-10-18(32-33-23(14)26)22-16(27)6-5-7-17(22)28/h5-7,10-14,18H,8-9H2,1-4H3,(H,32,36);4-6,10-14,18H,7-9H2,1-3H3;5-7,9,11-13,15,19,36H,4,8,10H2,1-3H3;5-7,10-13,15,19,36H,4,8-9H2,1-3H3/t2*18-,28-;15-,19-,26-;15-,19+,26-/m0000/s1. The average molecular weight is 2030 g/mol. The smallest absolute Gasteiger partial charge is 0.252 e. The number of aryl methyl sites for hydroxylation is 1. The van der Waals surface area contributed by atoms with Crippen LogP contribution in [-0.4, -0.2) is 156 Å². The summed E-state index contributed by atoms with van der Waals surface area (Å²) in [5.41, 5.74) is 10.0. The van der Waals surface area contributed by atoms with Crippen LogP contribution in [0.1, 0.15) is 267 Å². The molecule has 148 heavy (non-hydrogen) atoms. The van der Waals surface area contributed by atoms with E-state index in [1.807, 2.05) is 26.8 Å². The Morgan fingerprint density at radius 1 is 0.419 bits per heavy atom. The summed E-state index contributed by atoms with van der Waals surface area (Å²) in [5, 5.41) is 64.3. The number of anilines is 1. The number of ketones is 1. The van der Waals surface area contributed by atoms with E-state index in [0.717, 1.165) is 137 Å². The molecule has 0 radical (unpaired) electrons. The summed E-state index contributed by atoms with van der Waals surface area (Å²) in [6.45, 7) is 24.5. The third-order valence-corrected chi connectivity index (χ3v) is 33.2. The maximum Gasteiger partial charge on any atom is 0.252 e. The molecule has 12 aromatic heterocycles. The lowest BCUT2D eigenvalue weighted by atomic mass is 9.66. The first-order chi connectivity index (χ1) is 70.7. The maximum atomic E-state index is 14.5. The molecule has 754 valence electrons.